The summed E-state index contributed by atoms with van der Waals surface area (Å²) in [4.78, 5) is 0. The highest BCUT2D eigenvalue weighted by Gasteiger charge is 2.43. The number of sulfonamides is 1. The molecule has 1 aromatic heterocycles. The van der Waals surface area contributed by atoms with Crippen molar-refractivity contribution < 1.29 is 8.42 Å². The summed E-state index contributed by atoms with van der Waals surface area (Å²) in [7, 11) is -3.14. The van der Waals surface area contributed by atoms with E-state index >= 15 is 0 Å². The first kappa shape index (κ1) is 14.3. The quantitative estimate of drug-likeness (QED) is 0.864. The van der Waals surface area contributed by atoms with Crippen molar-refractivity contribution in [1.82, 2.24) is 14.5 Å². The zero-order chi connectivity index (χ0) is 15.2. The maximum absolute atomic E-state index is 12.4. The number of hydrogen-bond donors (Lipinski definition) is 0. The van der Waals surface area contributed by atoms with Gasteiger partial charge in [0.15, 0.2) is 0 Å². The van der Waals surface area contributed by atoms with Gasteiger partial charge in [0.2, 0.25) is 10.0 Å². The highest BCUT2D eigenvalue weighted by atomic mass is 32.2. The molecular formula is C15H17N3O2S2. The molecule has 0 radical (unpaired) electrons. The molecule has 0 spiro atoms. The standard InChI is InChI=1S/C15H17N3O2S2/c19-22(20)10-11-6-7-13(8-11)18(22)9-14-16-17-15(21-14)12-4-2-1-3-5-12/h1-5,11,13H,6-10H2/t11-,13+/m1/s1. The number of fused-ring (bicyclic) bond motifs is 2. The summed E-state index contributed by atoms with van der Waals surface area (Å²) in [5.74, 6) is 0.661. The molecule has 1 aliphatic carbocycles. The second-order valence-corrected chi connectivity index (χ2v) is 9.05. The van der Waals surface area contributed by atoms with Crippen LogP contribution in [0.3, 0.4) is 0 Å². The van der Waals surface area contributed by atoms with Gasteiger partial charge in [0.25, 0.3) is 0 Å². The largest absolute Gasteiger partial charge is 0.215 e. The first-order chi connectivity index (χ1) is 10.6. The van der Waals surface area contributed by atoms with E-state index in [4.69, 9.17) is 0 Å². The highest BCUT2D eigenvalue weighted by molar-refractivity contribution is 7.89. The predicted octanol–water partition coefficient (Wildman–Crippen LogP) is 2.52. The fourth-order valence-corrected chi connectivity index (χ4v) is 6.44. The van der Waals surface area contributed by atoms with Crippen LogP contribution in [-0.4, -0.2) is 34.7 Å². The molecular weight excluding hydrogens is 318 g/mol. The molecule has 1 aliphatic heterocycles. The molecule has 7 heteroatoms. The molecule has 0 amide bonds. The minimum absolute atomic E-state index is 0.160. The van der Waals surface area contributed by atoms with E-state index in [0.717, 1.165) is 34.8 Å². The summed E-state index contributed by atoms with van der Waals surface area (Å²) < 4.78 is 26.5. The Balaban J connectivity index is 1.58. The monoisotopic (exact) mass is 335 g/mol. The topological polar surface area (TPSA) is 63.2 Å². The van der Waals surface area contributed by atoms with E-state index in [1.54, 1.807) is 4.31 Å². The van der Waals surface area contributed by atoms with Crippen LogP contribution in [0.25, 0.3) is 10.6 Å². The van der Waals surface area contributed by atoms with Gasteiger partial charge in [-0.1, -0.05) is 41.7 Å². The Hall–Kier alpha value is -1.31. The zero-order valence-electron chi connectivity index (χ0n) is 12.1. The molecule has 2 fully saturated rings. The van der Waals surface area contributed by atoms with Crippen LogP contribution in [0.4, 0.5) is 0 Å². The summed E-state index contributed by atoms with van der Waals surface area (Å²) in [5, 5.41) is 10.0. The SMILES string of the molecule is O=S1(=O)C[C@@H]2CC[C@@H](C2)N1Cc1nnc(-c2ccccc2)s1. The second kappa shape index (κ2) is 5.40. The molecule has 2 aliphatic rings. The van der Waals surface area contributed by atoms with Gasteiger partial charge < -0.3 is 0 Å². The van der Waals surface area contributed by atoms with Gasteiger partial charge in [-0.25, -0.2) is 8.42 Å². The van der Waals surface area contributed by atoms with Gasteiger partial charge in [-0.15, -0.1) is 10.2 Å². The van der Waals surface area contributed by atoms with E-state index in [9.17, 15) is 8.42 Å². The van der Waals surface area contributed by atoms with Crippen molar-refractivity contribution in [3.8, 4) is 10.6 Å². The van der Waals surface area contributed by atoms with Gasteiger partial charge in [-0.2, -0.15) is 4.31 Å². The maximum atomic E-state index is 12.4. The zero-order valence-corrected chi connectivity index (χ0v) is 13.7. The van der Waals surface area contributed by atoms with Crippen LogP contribution in [0, 0.1) is 5.92 Å². The van der Waals surface area contributed by atoms with Gasteiger partial charge in [-0.05, 0) is 25.2 Å². The van der Waals surface area contributed by atoms with Crippen LogP contribution in [0.5, 0.6) is 0 Å². The lowest BCUT2D eigenvalue weighted by atomic mass is 10.1. The first-order valence-corrected chi connectivity index (χ1v) is 9.92. The summed E-state index contributed by atoms with van der Waals surface area (Å²) in [6.45, 7) is 0.365. The molecule has 5 nitrogen and oxygen atoms in total. The molecule has 1 aromatic carbocycles. The molecule has 0 N–H and O–H groups in total. The third-order valence-electron chi connectivity index (χ3n) is 4.50. The Labute approximate surface area is 134 Å². The summed E-state index contributed by atoms with van der Waals surface area (Å²) in [6, 6.07) is 10.0. The van der Waals surface area contributed by atoms with Crippen molar-refractivity contribution in [2.75, 3.05) is 5.75 Å². The minimum Gasteiger partial charge on any atom is -0.212 e. The molecule has 1 saturated heterocycles. The lowest BCUT2D eigenvalue weighted by Crippen LogP contribution is -2.44. The highest BCUT2D eigenvalue weighted by Crippen LogP contribution is 2.38. The van der Waals surface area contributed by atoms with Crippen LogP contribution in [0.2, 0.25) is 0 Å². The van der Waals surface area contributed by atoms with Crippen molar-refractivity contribution in [1.29, 1.82) is 0 Å². The summed E-state index contributed by atoms with van der Waals surface area (Å²) in [5.41, 5.74) is 1.02. The van der Waals surface area contributed by atoms with E-state index in [1.165, 1.54) is 11.3 Å². The first-order valence-electron chi connectivity index (χ1n) is 7.49. The van der Waals surface area contributed by atoms with Gasteiger partial charge in [0.1, 0.15) is 10.0 Å². The molecule has 2 atom stereocenters. The maximum Gasteiger partial charge on any atom is 0.215 e. The Bertz CT molecular complexity index is 773. The Morgan fingerprint density at radius 3 is 2.82 bits per heavy atom. The van der Waals surface area contributed by atoms with Crippen LogP contribution in [0.15, 0.2) is 30.3 Å². The van der Waals surface area contributed by atoms with Crippen molar-refractivity contribution in [2.45, 2.75) is 31.8 Å². The molecule has 2 heterocycles. The molecule has 116 valence electrons. The molecule has 0 unspecified atom stereocenters. The normalized spacial score (nSPS) is 27.1. The fourth-order valence-electron chi connectivity index (χ4n) is 3.46. The van der Waals surface area contributed by atoms with Crippen molar-refractivity contribution in [2.24, 2.45) is 5.92 Å². The van der Waals surface area contributed by atoms with E-state index < -0.39 is 10.0 Å². The summed E-state index contributed by atoms with van der Waals surface area (Å²) >= 11 is 1.48. The average Bonchev–Trinajstić information content (AvgIpc) is 3.12. The van der Waals surface area contributed by atoms with Crippen molar-refractivity contribution in [3.05, 3.63) is 35.3 Å². The van der Waals surface area contributed by atoms with Gasteiger partial charge in [0.05, 0.1) is 12.3 Å². The third kappa shape index (κ3) is 2.57. The van der Waals surface area contributed by atoms with E-state index in [1.807, 2.05) is 30.3 Å². The molecule has 2 aromatic rings. The van der Waals surface area contributed by atoms with Crippen LogP contribution < -0.4 is 0 Å². The molecule has 2 bridgehead atoms. The third-order valence-corrected chi connectivity index (χ3v) is 7.49. The Kier molecular flexibility index (Phi) is 3.51. The minimum atomic E-state index is -3.14. The van der Waals surface area contributed by atoms with Gasteiger partial charge in [-0.3, -0.25) is 0 Å². The van der Waals surface area contributed by atoms with Crippen LogP contribution in [-0.2, 0) is 16.6 Å². The van der Waals surface area contributed by atoms with Crippen molar-refractivity contribution in [3.63, 3.8) is 0 Å². The Morgan fingerprint density at radius 1 is 1.18 bits per heavy atom. The van der Waals surface area contributed by atoms with Crippen LogP contribution in [0.1, 0.15) is 24.3 Å². The van der Waals surface area contributed by atoms with Gasteiger partial charge >= 0.3 is 0 Å². The summed E-state index contributed by atoms with van der Waals surface area (Å²) in [6.07, 6.45) is 3.02. The molecule has 22 heavy (non-hydrogen) atoms. The fraction of sp³-hybridized carbons (Fsp3) is 0.467. The number of hydrogen-bond acceptors (Lipinski definition) is 5. The Morgan fingerprint density at radius 2 is 2.00 bits per heavy atom. The smallest absolute Gasteiger partial charge is 0.212 e. The van der Waals surface area contributed by atoms with Crippen molar-refractivity contribution >= 4 is 21.4 Å². The van der Waals surface area contributed by atoms with E-state index in [0.29, 0.717) is 18.2 Å². The van der Waals surface area contributed by atoms with Gasteiger partial charge in [0, 0.05) is 11.6 Å². The molecule has 1 saturated carbocycles. The second-order valence-electron chi connectivity index (χ2n) is 6.02. The lowest BCUT2D eigenvalue weighted by Gasteiger charge is -2.31. The van der Waals surface area contributed by atoms with E-state index in [-0.39, 0.29) is 6.04 Å². The number of rotatable bonds is 3. The predicted molar refractivity (Wildman–Crippen MR) is 85.8 cm³/mol. The number of benzene rings is 1. The molecule has 4 rings (SSSR count). The lowest BCUT2D eigenvalue weighted by molar-refractivity contribution is 0.293. The number of aromatic nitrogens is 2. The number of nitrogens with zero attached hydrogens (tertiary/aromatic N) is 3. The van der Waals surface area contributed by atoms with E-state index in [2.05, 4.69) is 10.2 Å². The average molecular weight is 335 g/mol. The van der Waals surface area contributed by atoms with Crippen LogP contribution >= 0.6 is 11.3 Å².